The molecule has 7 heteroatoms. The van der Waals surface area contributed by atoms with Crippen LogP contribution in [0, 0.1) is 0 Å². The summed E-state index contributed by atoms with van der Waals surface area (Å²) in [6.07, 6.45) is 5.66. The fraction of sp³-hybridized carbons (Fsp3) is 0.0625. The molecule has 5 nitrogen and oxygen atoms in total. The smallest absolute Gasteiger partial charge is 0.229 e. The Morgan fingerprint density at radius 3 is 2.74 bits per heavy atom. The van der Waals surface area contributed by atoms with Crippen LogP contribution in [-0.4, -0.2) is 19.7 Å². The second kappa shape index (κ2) is 6.85. The average molecular weight is 350 g/mol. The van der Waals surface area contributed by atoms with Crippen LogP contribution < -0.4 is 10.5 Å². The van der Waals surface area contributed by atoms with Crippen LogP contribution in [0.2, 0.25) is 0 Å². The molecule has 120 valence electrons. The van der Waals surface area contributed by atoms with Crippen molar-refractivity contribution in [2.45, 2.75) is 0 Å². The van der Waals surface area contributed by atoms with E-state index in [2.05, 4.69) is 16.3 Å². The minimum atomic E-state index is -3.48. The van der Waals surface area contributed by atoms with Gasteiger partial charge in [-0.1, -0.05) is 30.3 Å². The molecule has 23 heavy (non-hydrogen) atoms. The first-order chi connectivity index (χ1) is 10.8. The molecule has 0 radical (unpaired) electrons. The molecule has 0 aliphatic heterocycles. The monoisotopic (exact) mass is 349 g/mol. The minimum Gasteiger partial charge on any atom is -0.404 e. The number of sulfonamides is 1. The molecule has 2 aromatic rings. The molecule has 0 saturated carbocycles. The summed E-state index contributed by atoms with van der Waals surface area (Å²) >= 11 is 5.87. The van der Waals surface area contributed by atoms with Crippen LogP contribution in [0.25, 0.3) is 16.5 Å². The Hall–Kier alpha value is -2.31. The number of aromatic nitrogens is 1. The molecular weight excluding hydrogens is 334 g/mol. The topological polar surface area (TPSA) is 85.1 Å². The number of halogens is 1. The summed E-state index contributed by atoms with van der Waals surface area (Å²) < 4.78 is 25.2. The van der Waals surface area contributed by atoms with Crippen LogP contribution in [-0.2, 0) is 10.0 Å². The third kappa shape index (κ3) is 4.58. The summed E-state index contributed by atoms with van der Waals surface area (Å²) in [5.74, 6) is 0. The van der Waals surface area contributed by atoms with Crippen molar-refractivity contribution in [1.29, 1.82) is 0 Å². The number of allylic oxidation sites excluding steroid dienone is 3. The first-order valence-electron chi connectivity index (χ1n) is 6.61. The van der Waals surface area contributed by atoms with Gasteiger partial charge in [0.2, 0.25) is 10.0 Å². The molecule has 0 saturated heterocycles. The highest BCUT2D eigenvalue weighted by atomic mass is 35.5. The first kappa shape index (κ1) is 17.1. The molecule has 3 N–H and O–H groups in total. The summed E-state index contributed by atoms with van der Waals surface area (Å²) in [5, 5.41) is 1.01. The molecule has 0 atom stereocenters. The molecule has 0 aliphatic rings. The van der Waals surface area contributed by atoms with Crippen molar-refractivity contribution >= 4 is 38.1 Å². The van der Waals surface area contributed by atoms with Gasteiger partial charge in [-0.2, -0.15) is 0 Å². The number of nitrogens with one attached hydrogen (secondary N) is 1. The van der Waals surface area contributed by atoms with E-state index in [-0.39, 0.29) is 10.7 Å². The maximum atomic E-state index is 11.4. The second-order valence-electron chi connectivity index (χ2n) is 4.87. The Morgan fingerprint density at radius 2 is 2.13 bits per heavy atom. The average Bonchev–Trinajstić information content (AvgIpc) is 2.49. The molecular formula is C16H16ClN3O2S. The molecule has 0 fully saturated rings. The van der Waals surface area contributed by atoms with Crippen molar-refractivity contribution in [2.24, 2.45) is 5.73 Å². The zero-order valence-electron chi connectivity index (χ0n) is 12.5. The van der Waals surface area contributed by atoms with E-state index in [1.165, 1.54) is 12.3 Å². The number of fused-ring (bicyclic) bond motifs is 1. The molecule has 1 aromatic heterocycles. The zero-order valence-corrected chi connectivity index (χ0v) is 14.0. The summed E-state index contributed by atoms with van der Waals surface area (Å²) in [5.41, 5.74) is 8.11. The highest BCUT2D eigenvalue weighted by molar-refractivity contribution is 7.88. The number of pyridine rings is 1. The molecule has 2 rings (SSSR count). The van der Waals surface area contributed by atoms with Crippen LogP contribution in [0.1, 0.15) is 5.56 Å². The van der Waals surface area contributed by atoms with E-state index in [1.54, 1.807) is 6.20 Å². The number of nitrogens with two attached hydrogens (primary N) is 1. The van der Waals surface area contributed by atoms with Crippen molar-refractivity contribution in [3.63, 3.8) is 0 Å². The molecule has 0 amide bonds. The van der Waals surface area contributed by atoms with Gasteiger partial charge in [-0.15, -0.1) is 0 Å². The van der Waals surface area contributed by atoms with Crippen molar-refractivity contribution in [3.8, 4) is 0 Å². The van der Waals surface area contributed by atoms with Crippen LogP contribution in [0.4, 0.5) is 0 Å². The van der Waals surface area contributed by atoms with E-state index in [9.17, 15) is 8.42 Å². The maximum absolute atomic E-state index is 11.4. The van der Waals surface area contributed by atoms with Crippen molar-refractivity contribution in [2.75, 3.05) is 6.26 Å². The van der Waals surface area contributed by atoms with Gasteiger partial charge in [-0.3, -0.25) is 9.71 Å². The number of benzene rings is 1. The van der Waals surface area contributed by atoms with E-state index in [1.807, 2.05) is 30.3 Å². The highest BCUT2D eigenvalue weighted by Gasteiger charge is 2.09. The van der Waals surface area contributed by atoms with Crippen molar-refractivity contribution < 1.29 is 8.42 Å². The maximum Gasteiger partial charge on any atom is 0.229 e. The van der Waals surface area contributed by atoms with Crippen molar-refractivity contribution in [1.82, 2.24) is 9.71 Å². The number of rotatable bonds is 5. The second-order valence-corrected chi connectivity index (χ2v) is 7.07. The van der Waals surface area contributed by atoms with Gasteiger partial charge in [0, 0.05) is 17.8 Å². The predicted molar refractivity (Wildman–Crippen MR) is 95.0 cm³/mol. The van der Waals surface area contributed by atoms with Gasteiger partial charge in [-0.25, -0.2) is 8.42 Å². The van der Waals surface area contributed by atoms with Crippen LogP contribution in [0.15, 0.2) is 66.1 Å². The molecule has 1 heterocycles. The molecule has 0 spiro atoms. The standard InChI is InChI=1S/C16H16ClN3O2S/c1-11(17)16(20-23(2,21)22)9-14(10-18)12-5-6-15-13(8-12)4-3-7-19-15/h3-10,20H,1,18H2,2H3/b14-10+,16-9+. The number of hydrogen-bond acceptors (Lipinski definition) is 4. The van der Waals surface area contributed by atoms with Gasteiger partial charge in [0.1, 0.15) is 0 Å². The first-order valence-corrected chi connectivity index (χ1v) is 8.88. The van der Waals surface area contributed by atoms with Crippen LogP contribution in [0.3, 0.4) is 0 Å². The van der Waals surface area contributed by atoms with Gasteiger partial charge >= 0.3 is 0 Å². The van der Waals surface area contributed by atoms with E-state index >= 15 is 0 Å². The number of hydrogen-bond donors (Lipinski definition) is 2. The minimum absolute atomic E-state index is 0.0669. The van der Waals surface area contributed by atoms with E-state index in [0.717, 1.165) is 22.7 Å². The lowest BCUT2D eigenvalue weighted by molar-refractivity contribution is 0.595. The SMILES string of the molecule is C=C(Cl)/C(=C\C(=C/N)c1ccc2ncccc2c1)NS(C)(=O)=O. The Morgan fingerprint density at radius 1 is 1.39 bits per heavy atom. The summed E-state index contributed by atoms with van der Waals surface area (Å²) in [7, 11) is -3.48. The van der Waals surface area contributed by atoms with Crippen LogP contribution >= 0.6 is 11.6 Å². The highest BCUT2D eigenvalue weighted by Crippen LogP contribution is 2.23. The molecule has 0 unspecified atom stereocenters. The van der Waals surface area contributed by atoms with Crippen LogP contribution in [0.5, 0.6) is 0 Å². The van der Waals surface area contributed by atoms with Crippen molar-refractivity contribution in [3.05, 3.63) is 71.7 Å². The van der Waals surface area contributed by atoms with Gasteiger partial charge in [0.05, 0.1) is 22.5 Å². The fourth-order valence-electron chi connectivity index (χ4n) is 2.00. The largest absolute Gasteiger partial charge is 0.404 e. The van der Waals surface area contributed by atoms with Gasteiger partial charge in [0.15, 0.2) is 0 Å². The van der Waals surface area contributed by atoms with Gasteiger partial charge in [-0.05, 0) is 35.4 Å². The Labute approximate surface area is 140 Å². The lowest BCUT2D eigenvalue weighted by Crippen LogP contribution is -2.21. The molecule has 0 bridgehead atoms. The quantitative estimate of drug-likeness (QED) is 0.813. The Bertz CT molecular complexity index is 918. The number of nitrogens with zero attached hydrogens (tertiary/aromatic N) is 1. The fourth-order valence-corrected chi connectivity index (χ4v) is 2.74. The lowest BCUT2D eigenvalue weighted by Gasteiger charge is -2.10. The van der Waals surface area contributed by atoms with Gasteiger partial charge in [0.25, 0.3) is 0 Å². The van der Waals surface area contributed by atoms with E-state index in [0.29, 0.717) is 5.57 Å². The van der Waals surface area contributed by atoms with E-state index in [4.69, 9.17) is 17.3 Å². The predicted octanol–water partition coefficient (Wildman–Crippen LogP) is 2.72. The molecule has 0 aliphatic carbocycles. The van der Waals surface area contributed by atoms with Gasteiger partial charge < -0.3 is 5.73 Å². The Balaban J connectivity index is 2.48. The third-order valence-electron chi connectivity index (χ3n) is 3.00. The summed E-state index contributed by atoms with van der Waals surface area (Å²) in [6, 6.07) is 9.39. The normalized spacial score (nSPS) is 13.1. The zero-order chi connectivity index (χ0) is 17.0. The van der Waals surface area contributed by atoms with E-state index < -0.39 is 10.0 Å². The molecule has 1 aromatic carbocycles. The summed E-state index contributed by atoms with van der Waals surface area (Å²) in [6.45, 7) is 3.56. The summed E-state index contributed by atoms with van der Waals surface area (Å²) in [4.78, 5) is 4.25. The lowest BCUT2D eigenvalue weighted by atomic mass is 10.0. The Kier molecular flexibility index (Phi) is 5.08. The third-order valence-corrected chi connectivity index (χ3v) is 3.80.